The summed E-state index contributed by atoms with van der Waals surface area (Å²) in [5.74, 6) is -0.0191. The summed E-state index contributed by atoms with van der Waals surface area (Å²) in [6.07, 6.45) is 0.707. The van der Waals surface area contributed by atoms with Crippen LogP contribution in [0.3, 0.4) is 0 Å². The number of benzene rings is 1. The number of esters is 1. The summed E-state index contributed by atoms with van der Waals surface area (Å²) in [5, 5.41) is -0.317. The molecule has 12 heteroatoms. The molecule has 0 amide bonds. The van der Waals surface area contributed by atoms with Crippen LogP contribution in [0.1, 0.15) is 57.6 Å². The average Bonchev–Trinajstić information content (AvgIpc) is 2.95. The zero-order valence-electron chi connectivity index (χ0n) is 24.8. The first-order valence-electron chi connectivity index (χ1n) is 14.2. The number of ether oxygens (including phenoxy) is 1. The Balaban J connectivity index is 2.06. The first kappa shape index (κ1) is 34.0. The van der Waals surface area contributed by atoms with Crippen molar-refractivity contribution in [2.45, 2.75) is 64.1 Å². The smallest absolute Gasteiger partial charge is 0.418 e. The largest absolute Gasteiger partial charge is 0.466 e. The van der Waals surface area contributed by atoms with E-state index in [1.165, 1.54) is 12.1 Å². The maximum absolute atomic E-state index is 14.2. The predicted octanol–water partition coefficient (Wildman–Crippen LogP) is 5.99. The second kappa shape index (κ2) is 14.8. The number of pyridine rings is 1. The molecular weight excluding hydrogens is 581 g/mol. The molecule has 0 fully saturated rings. The number of anilines is 1. The first-order valence-corrected chi connectivity index (χ1v) is 15.7. The van der Waals surface area contributed by atoms with Gasteiger partial charge in [0.2, 0.25) is 0 Å². The molecule has 1 aliphatic heterocycles. The fourth-order valence-corrected chi connectivity index (χ4v) is 5.68. The second-order valence-electron chi connectivity index (χ2n) is 10.8. The van der Waals surface area contributed by atoms with Crippen molar-refractivity contribution >= 4 is 27.5 Å². The third-order valence-corrected chi connectivity index (χ3v) is 8.24. The number of sulfonamides is 1. The predicted molar refractivity (Wildman–Crippen MR) is 162 cm³/mol. The van der Waals surface area contributed by atoms with E-state index in [4.69, 9.17) is 4.74 Å². The van der Waals surface area contributed by atoms with Crippen LogP contribution in [0.25, 0.3) is 0 Å². The molecule has 234 valence electrons. The molecule has 8 nitrogen and oxygen atoms in total. The Kier molecular flexibility index (Phi) is 11.7. The molecule has 2 aromatic rings. The summed E-state index contributed by atoms with van der Waals surface area (Å²) < 4.78 is 76.6. The second-order valence-corrected chi connectivity index (χ2v) is 12.5. The Morgan fingerprint density at radius 3 is 2.51 bits per heavy atom. The van der Waals surface area contributed by atoms with Crippen molar-refractivity contribution in [3.63, 3.8) is 0 Å². The van der Waals surface area contributed by atoms with E-state index in [1.54, 1.807) is 51.1 Å². The van der Waals surface area contributed by atoms with Gasteiger partial charge in [0.1, 0.15) is 12.5 Å². The van der Waals surface area contributed by atoms with Gasteiger partial charge in [-0.15, -0.1) is 0 Å². The van der Waals surface area contributed by atoms with E-state index < -0.39 is 33.9 Å². The summed E-state index contributed by atoms with van der Waals surface area (Å²) >= 11 is 0. The highest BCUT2D eigenvalue weighted by atomic mass is 32.2. The molecule has 0 radical (unpaired) electrons. The van der Waals surface area contributed by atoms with Crippen LogP contribution in [0.5, 0.6) is 0 Å². The Morgan fingerprint density at radius 2 is 1.81 bits per heavy atom. The van der Waals surface area contributed by atoms with Crippen molar-refractivity contribution in [2.24, 2.45) is 10.4 Å². The maximum atomic E-state index is 14.2. The van der Waals surface area contributed by atoms with Gasteiger partial charge in [-0.3, -0.25) is 9.79 Å². The first-order chi connectivity index (χ1) is 20.3. The zero-order valence-corrected chi connectivity index (χ0v) is 25.6. The number of alkyl halides is 3. The van der Waals surface area contributed by atoms with Gasteiger partial charge >= 0.3 is 12.1 Å². The Labute approximate surface area is 251 Å². The van der Waals surface area contributed by atoms with Crippen LogP contribution >= 0.6 is 0 Å². The van der Waals surface area contributed by atoms with Gasteiger partial charge in [-0.1, -0.05) is 55.8 Å². The number of fused-ring (bicyclic) bond motifs is 3. The number of hydrogen-bond acceptors (Lipinski definition) is 7. The number of nitrogens with zero attached hydrogens (tertiary/aromatic N) is 3. The molecule has 43 heavy (non-hydrogen) atoms. The zero-order chi connectivity index (χ0) is 31.7. The molecule has 0 saturated carbocycles. The summed E-state index contributed by atoms with van der Waals surface area (Å²) in [6.45, 7) is 9.02. The lowest BCUT2D eigenvalue weighted by molar-refractivity contribution is -0.152. The highest BCUT2D eigenvalue weighted by Gasteiger charge is 2.38. The van der Waals surface area contributed by atoms with Crippen LogP contribution in [0.2, 0.25) is 0 Å². The van der Waals surface area contributed by atoms with Crippen molar-refractivity contribution in [1.29, 1.82) is 0 Å². The lowest BCUT2D eigenvalue weighted by Gasteiger charge is -2.32. The number of halogens is 3. The van der Waals surface area contributed by atoms with Crippen LogP contribution in [0.4, 0.5) is 19.0 Å². The van der Waals surface area contributed by atoms with Gasteiger partial charge < -0.3 is 9.64 Å². The molecule has 0 aliphatic carbocycles. The lowest BCUT2D eigenvalue weighted by Crippen LogP contribution is -2.41. The Bertz CT molecular complexity index is 1450. The quantitative estimate of drug-likeness (QED) is 0.315. The molecule has 0 unspecified atom stereocenters. The number of aliphatic imine (C=N–C) groups is 1. The molecular formula is C31H39F3N4O4S. The molecule has 0 spiro atoms. The number of aryl methyl sites for hydroxylation is 1. The van der Waals surface area contributed by atoms with Crippen molar-refractivity contribution < 1.29 is 31.1 Å². The van der Waals surface area contributed by atoms with E-state index in [1.807, 2.05) is 4.90 Å². The molecule has 3 rings (SSSR count). The van der Waals surface area contributed by atoms with Gasteiger partial charge in [0.05, 0.1) is 23.3 Å². The maximum Gasteiger partial charge on any atom is 0.418 e. The topological polar surface area (TPSA) is 101 Å². The summed E-state index contributed by atoms with van der Waals surface area (Å²) in [4.78, 5) is 23.0. The van der Waals surface area contributed by atoms with Crippen molar-refractivity contribution in [2.75, 3.05) is 31.3 Å². The van der Waals surface area contributed by atoms with Crippen molar-refractivity contribution in [3.05, 3.63) is 77.9 Å². The van der Waals surface area contributed by atoms with E-state index in [2.05, 4.69) is 21.3 Å². The van der Waals surface area contributed by atoms with Crippen LogP contribution < -0.4 is 9.62 Å². The molecule has 1 aromatic carbocycles. The molecule has 0 saturated heterocycles. The lowest BCUT2D eigenvalue weighted by atomic mass is 9.92. The fraction of sp³-hybridized carbons (Fsp3) is 0.452. The Hall–Kier alpha value is -3.51. The molecule has 0 atom stereocenters. The number of rotatable bonds is 6. The highest BCUT2D eigenvalue weighted by molar-refractivity contribution is 7.89. The molecule has 2 bridgehead atoms. The normalized spacial score (nSPS) is 17.3. The minimum atomic E-state index is -4.76. The van der Waals surface area contributed by atoms with Gasteiger partial charge in [0.25, 0.3) is 10.0 Å². The van der Waals surface area contributed by atoms with Crippen LogP contribution in [-0.4, -0.2) is 57.6 Å². The number of aromatic nitrogens is 1. The van der Waals surface area contributed by atoms with Gasteiger partial charge in [-0.2, -0.15) is 17.9 Å². The Morgan fingerprint density at radius 1 is 1.09 bits per heavy atom. The van der Waals surface area contributed by atoms with Gasteiger partial charge in [-0.05, 0) is 63.8 Å². The van der Waals surface area contributed by atoms with Gasteiger partial charge in [0, 0.05) is 18.7 Å². The molecule has 1 N–H and O–H groups in total. The van der Waals surface area contributed by atoms with Crippen molar-refractivity contribution in [1.82, 2.24) is 9.71 Å². The standard InChI is InChI=1S/C31H39F3N4O4S/c1-5-14-25(31(32,33)34)28-24-17-11-10-16-23(24)15-9-7-8-12-20-38(21-30(3,4)29(39)42-6-2)26-18-13-19-27(37-26)43(40,41)36-22-35-28/h5,10-11,13-14,16-19,36H,1,6-9,12,15,20-22H2,2-4H3/b25-14+,35-28?. The number of allylic oxidation sites excluding steroid dienone is 3. The summed E-state index contributed by atoms with van der Waals surface area (Å²) in [5.41, 5.74) is -1.33. The fourth-order valence-electron chi connectivity index (χ4n) is 4.82. The molecule has 1 aliphatic rings. The minimum absolute atomic E-state index is 0.237. The third-order valence-electron chi connectivity index (χ3n) is 6.96. The summed E-state index contributed by atoms with van der Waals surface area (Å²) in [6, 6.07) is 11.2. The van der Waals surface area contributed by atoms with Gasteiger partial charge in [0.15, 0.2) is 5.03 Å². The SMILES string of the molecule is C=C/C=C(\C1=NCNS(=O)(=O)c2cccc(n2)N(CC(C)(C)C(=O)OCC)CCCCCCc2ccccc21)C(F)(F)F. The summed E-state index contributed by atoms with van der Waals surface area (Å²) in [7, 11) is -4.27. The van der Waals surface area contributed by atoms with E-state index in [0.717, 1.165) is 37.8 Å². The van der Waals surface area contributed by atoms with Gasteiger partial charge in [-0.25, -0.2) is 13.4 Å². The van der Waals surface area contributed by atoms with Crippen LogP contribution in [-0.2, 0) is 26.0 Å². The number of nitrogens with one attached hydrogen (secondary N) is 1. The van der Waals surface area contributed by atoms with E-state index in [9.17, 15) is 26.4 Å². The number of hydrogen-bond donors (Lipinski definition) is 1. The molecule has 1 aromatic heterocycles. The number of carbonyl (C=O) groups is 1. The number of carbonyl (C=O) groups excluding carboxylic acids is 1. The van der Waals surface area contributed by atoms with Crippen molar-refractivity contribution in [3.8, 4) is 0 Å². The van der Waals surface area contributed by atoms with Crippen LogP contribution in [0.15, 0.2) is 76.8 Å². The van der Waals surface area contributed by atoms with Crippen LogP contribution in [0, 0.1) is 5.41 Å². The minimum Gasteiger partial charge on any atom is -0.466 e. The highest BCUT2D eigenvalue weighted by Crippen LogP contribution is 2.31. The molecule has 2 heterocycles. The van der Waals surface area contributed by atoms with E-state index in [0.29, 0.717) is 24.3 Å². The van der Waals surface area contributed by atoms with E-state index >= 15 is 0 Å². The average molecular weight is 621 g/mol. The van der Waals surface area contributed by atoms with E-state index in [-0.39, 0.29) is 35.4 Å². The third kappa shape index (κ3) is 9.24. The monoisotopic (exact) mass is 620 g/mol.